The molecule has 0 spiro atoms. The number of halogens is 1. The lowest BCUT2D eigenvalue weighted by atomic mass is 10.2. The van der Waals surface area contributed by atoms with Crippen LogP contribution in [0.15, 0.2) is 59.1 Å². The van der Waals surface area contributed by atoms with E-state index in [2.05, 4.69) is 15.9 Å². The number of nitro groups is 1. The van der Waals surface area contributed by atoms with Crippen molar-refractivity contribution in [2.45, 2.75) is 6.61 Å². The zero-order valence-electron chi connectivity index (χ0n) is 11.4. The summed E-state index contributed by atoms with van der Waals surface area (Å²) in [6, 6.07) is 13.5. The summed E-state index contributed by atoms with van der Waals surface area (Å²) in [7, 11) is 0. The highest BCUT2D eigenvalue weighted by Gasteiger charge is 2.04. The number of non-ortho nitro benzene ring substituents is 1. The van der Waals surface area contributed by atoms with Crippen LogP contribution in [0.3, 0.4) is 0 Å². The first-order valence-electron chi connectivity index (χ1n) is 6.38. The van der Waals surface area contributed by atoms with Crippen molar-refractivity contribution in [2.75, 3.05) is 0 Å². The Kier molecular flexibility index (Phi) is 5.43. The summed E-state index contributed by atoms with van der Waals surface area (Å²) in [6.07, 6.45) is 2.73. The largest absolute Gasteiger partial charge is 0.458 e. The van der Waals surface area contributed by atoms with E-state index in [1.165, 1.54) is 24.3 Å². The van der Waals surface area contributed by atoms with Crippen molar-refractivity contribution in [3.05, 3.63) is 80.3 Å². The molecule has 22 heavy (non-hydrogen) atoms. The highest BCUT2D eigenvalue weighted by atomic mass is 79.9. The van der Waals surface area contributed by atoms with Crippen LogP contribution in [0, 0.1) is 10.1 Å². The Hall–Kier alpha value is -2.47. The van der Waals surface area contributed by atoms with Crippen LogP contribution < -0.4 is 0 Å². The van der Waals surface area contributed by atoms with Crippen molar-refractivity contribution in [1.29, 1.82) is 0 Å². The number of carbonyl (C=O) groups excluding carboxylic acids is 1. The van der Waals surface area contributed by atoms with Gasteiger partial charge in [0.25, 0.3) is 5.69 Å². The third kappa shape index (κ3) is 4.82. The molecule has 112 valence electrons. The molecule has 0 aromatic heterocycles. The molecule has 0 radical (unpaired) electrons. The number of benzene rings is 2. The Morgan fingerprint density at radius 3 is 2.73 bits per heavy atom. The maximum absolute atomic E-state index is 11.6. The minimum absolute atomic E-state index is 0.0235. The Morgan fingerprint density at radius 1 is 1.23 bits per heavy atom. The summed E-state index contributed by atoms with van der Waals surface area (Å²) in [5.74, 6) is -0.508. The summed E-state index contributed by atoms with van der Waals surface area (Å²) >= 11 is 3.34. The quantitative estimate of drug-likeness (QED) is 0.347. The number of nitrogens with zero attached hydrogens (tertiary/aromatic N) is 1. The Balaban J connectivity index is 1.94. The van der Waals surface area contributed by atoms with Crippen LogP contribution in [0.2, 0.25) is 0 Å². The zero-order valence-corrected chi connectivity index (χ0v) is 13.0. The number of nitro benzene ring substituents is 1. The normalized spacial score (nSPS) is 10.6. The van der Waals surface area contributed by atoms with E-state index in [1.54, 1.807) is 12.1 Å². The molecule has 0 N–H and O–H groups in total. The minimum atomic E-state index is -0.508. The topological polar surface area (TPSA) is 69.4 Å². The molecule has 0 saturated heterocycles. The van der Waals surface area contributed by atoms with Crippen molar-refractivity contribution >= 4 is 33.7 Å². The van der Waals surface area contributed by atoms with Gasteiger partial charge in [0.2, 0.25) is 0 Å². The van der Waals surface area contributed by atoms with Gasteiger partial charge in [0.15, 0.2) is 0 Å². The molecule has 0 aliphatic heterocycles. The highest BCUT2D eigenvalue weighted by Crippen LogP contribution is 2.15. The molecule has 0 amide bonds. The highest BCUT2D eigenvalue weighted by molar-refractivity contribution is 9.10. The standard InChI is InChI=1S/C16H12BrNO4/c17-14-5-1-4-13(9-14)11-22-16(19)8-7-12-3-2-6-15(10-12)18(20)21/h1-10H,11H2/b8-7+. The minimum Gasteiger partial charge on any atom is -0.458 e. The Morgan fingerprint density at radius 2 is 2.00 bits per heavy atom. The van der Waals surface area contributed by atoms with Crippen molar-refractivity contribution in [3.8, 4) is 0 Å². The van der Waals surface area contributed by atoms with E-state index in [0.717, 1.165) is 10.0 Å². The Labute approximate surface area is 135 Å². The molecule has 0 saturated carbocycles. The predicted molar refractivity (Wildman–Crippen MR) is 86.1 cm³/mol. The van der Waals surface area contributed by atoms with Crippen molar-refractivity contribution in [1.82, 2.24) is 0 Å². The maximum Gasteiger partial charge on any atom is 0.331 e. The van der Waals surface area contributed by atoms with Gasteiger partial charge in [-0.1, -0.05) is 40.2 Å². The summed E-state index contributed by atoms with van der Waals surface area (Å²) in [5.41, 5.74) is 1.41. The van der Waals surface area contributed by atoms with Gasteiger partial charge in [0.1, 0.15) is 6.61 Å². The van der Waals surface area contributed by atoms with Crippen LogP contribution >= 0.6 is 15.9 Å². The third-order valence-electron chi connectivity index (χ3n) is 2.76. The fourth-order valence-electron chi connectivity index (χ4n) is 1.74. The fourth-order valence-corrected chi connectivity index (χ4v) is 2.18. The van der Waals surface area contributed by atoms with Crippen LogP contribution in [0.4, 0.5) is 5.69 Å². The molecule has 2 rings (SSSR count). The second kappa shape index (κ2) is 7.51. The first-order valence-corrected chi connectivity index (χ1v) is 7.17. The smallest absolute Gasteiger partial charge is 0.331 e. The van der Waals surface area contributed by atoms with Crippen molar-refractivity contribution in [2.24, 2.45) is 0 Å². The lowest BCUT2D eigenvalue weighted by molar-refractivity contribution is -0.384. The molecule has 2 aromatic carbocycles. The fraction of sp³-hybridized carbons (Fsp3) is 0.0625. The molecule has 0 atom stereocenters. The van der Waals surface area contributed by atoms with Crippen LogP contribution in [-0.4, -0.2) is 10.9 Å². The molecular weight excluding hydrogens is 350 g/mol. The van der Waals surface area contributed by atoms with Gasteiger partial charge in [-0.05, 0) is 29.3 Å². The molecule has 0 aliphatic carbocycles. The average molecular weight is 362 g/mol. The van der Waals surface area contributed by atoms with Gasteiger partial charge in [0, 0.05) is 22.7 Å². The van der Waals surface area contributed by atoms with Gasteiger partial charge in [0.05, 0.1) is 4.92 Å². The number of esters is 1. The first-order chi connectivity index (χ1) is 10.5. The van der Waals surface area contributed by atoms with E-state index in [9.17, 15) is 14.9 Å². The van der Waals surface area contributed by atoms with Gasteiger partial charge < -0.3 is 4.74 Å². The van der Waals surface area contributed by atoms with Crippen molar-refractivity contribution < 1.29 is 14.5 Å². The molecule has 2 aromatic rings. The van der Waals surface area contributed by atoms with E-state index >= 15 is 0 Å². The number of rotatable bonds is 5. The summed E-state index contributed by atoms with van der Waals surface area (Å²) in [6.45, 7) is 0.164. The van der Waals surface area contributed by atoms with Gasteiger partial charge >= 0.3 is 5.97 Å². The zero-order chi connectivity index (χ0) is 15.9. The molecular formula is C16H12BrNO4. The van der Waals surface area contributed by atoms with E-state index in [-0.39, 0.29) is 12.3 Å². The molecule has 0 fully saturated rings. The Bertz CT molecular complexity index is 728. The van der Waals surface area contributed by atoms with E-state index in [4.69, 9.17) is 4.74 Å². The summed E-state index contributed by atoms with van der Waals surface area (Å²) in [4.78, 5) is 21.8. The van der Waals surface area contributed by atoms with E-state index < -0.39 is 10.9 Å². The summed E-state index contributed by atoms with van der Waals surface area (Å²) in [5, 5.41) is 10.7. The lowest BCUT2D eigenvalue weighted by Gasteiger charge is -2.02. The van der Waals surface area contributed by atoms with Crippen LogP contribution in [0.5, 0.6) is 0 Å². The second-order valence-corrected chi connectivity index (χ2v) is 5.34. The SMILES string of the molecule is O=C(/C=C/c1cccc([N+](=O)[O-])c1)OCc1cccc(Br)c1. The monoisotopic (exact) mass is 361 g/mol. The van der Waals surface area contributed by atoms with E-state index in [0.29, 0.717) is 5.56 Å². The molecule has 0 unspecified atom stereocenters. The average Bonchev–Trinajstić information content (AvgIpc) is 2.51. The maximum atomic E-state index is 11.6. The number of carbonyl (C=O) groups is 1. The summed E-state index contributed by atoms with van der Waals surface area (Å²) < 4.78 is 6.01. The van der Waals surface area contributed by atoms with Gasteiger partial charge in [-0.3, -0.25) is 10.1 Å². The molecule has 0 bridgehead atoms. The van der Waals surface area contributed by atoms with Gasteiger partial charge in [-0.2, -0.15) is 0 Å². The third-order valence-corrected chi connectivity index (χ3v) is 3.26. The second-order valence-electron chi connectivity index (χ2n) is 4.42. The van der Waals surface area contributed by atoms with Crippen molar-refractivity contribution in [3.63, 3.8) is 0 Å². The van der Waals surface area contributed by atoms with E-state index in [1.807, 2.05) is 24.3 Å². The van der Waals surface area contributed by atoms with Crippen LogP contribution in [0.1, 0.15) is 11.1 Å². The molecule has 0 heterocycles. The number of hydrogen-bond acceptors (Lipinski definition) is 4. The van der Waals surface area contributed by atoms with Gasteiger partial charge in [-0.25, -0.2) is 4.79 Å². The molecule has 6 heteroatoms. The van der Waals surface area contributed by atoms with Crippen LogP contribution in [0.25, 0.3) is 6.08 Å². The lowest BCUT2D eigenvalue weighted by Crippen LogP contribution is -2.00. The first kappa shape index (κ1) is 15.9. The predicted octanol–water partition coefficient (Wildman–Crippen LogP) is 4.11. The number of hydrogen-bond donors (Lipinski definition) is 0. The van der Waals surface area contributed by atoms with Gasteiger partial charge in [-0.15, -0.1) is 0 Å². The number of ether oxygens (including phenoxy) is 1. The molecule has 0 aliphatic rings. The molecule has 5 nitrogen and oxygen atoms in total. The van der Waals surface area contributed by atoms with Crippen LogP contribution in [-0.2, 0) is 16.1 Å².